The van der Waals surface area contributed by atoms with Crippen LogP contribution >= 0.6 is 0 Å². The summed E-state index contributed by atoms with van der Waals surface area (Å²) in [6.45, 7) is 4.53. The van der Waals surface area contributed by atoms with Crippen LogP contribution in [0.25, 0.3) is 21.8 Å². The zero-order chi connectivity index (χ0) is 14.9. The Morgan fingerprint density at radius 2 is 1.10 bits per heavy atom. The van der Waals surface area contributed by atoms with Crippen molar-refractivity contribution >= 4 is 31.3 Å². The van der Waals surface area contributed by atoms with Crippen molar-refractivity contribution in [3.63, 3.8) is 0 Å². The van der Waals surface area contributed by atoms with Gasteiger partial charge in [0.1, 0.15) is 0 Å². The molecule has 0 atom stereocenters. The summed E-state index contributed by atoms with van der Waals surface area (Å²) < 4.78 is 0. The normalized spacial score (nSPS) is 9.62. The van der Waals surface area contributed by atoms with Gasteiger partial charge >= 0.3 is 0 Å². The molecule has 0 aliphatic heterocycles. The minimum absolute atomic E-state index is 0.417. The van der Waals surface area contributed by atoms with Gasteiger partial charge in [-0.15, -0.1) is 0 Å². The van der Waals surface area contributed by atoms with E-state index >= 15 is 0 Å². The van der Waals surface area contributed by atoms with Crippen LogP contribution in [-0.4, -0.2) is 29.9 Å². The number of nitrogens with one attached hydrogen (secondary N) is 2. The number of H-pyrrole nitrogens is 2. The molecule has 21 heavy (non-hydrogen) atoms. The Morgan fingerprint density at radius 1 is 0.714 bits per heavy atom. The van der Waals surface area contributed by atoms with E-state index in [4.69, 9.17) is 0 Å². The highest BCUT2D eigenvalue weighted by Gasteiger charge is 1.88. The molecular weight excluding hydrogens is 276 g/mol. The average molecular weight is 296 g/mol. The third-order valence-corrected chi connectivity index (χ3v) is 2.70. The molecule has 0 spiro atoms. The lowest BCUT2D eigenvalue weighted by Gasteiger charge is -1.81. The van der Waals surface area contributed by atoms with Crippen molar-refractivity contribution in [2.24, 2.45) is 0 Å². The summed E-state index contributed by atoms with van der Waals surface area (Å²) >= 11 is 0. The molecule has 0 saturated heterocycles. The lowest BCUT2D eigenvalue weighted by Crippen LogP contribution is -1.63. The molecule has 0 amide bonds. The summed E-state index contributed by atoms with van der Waals surface area (Å²) in [5.41, 5.74) is 2.19. The van der Waals surface area contributed by atoms with Crippen LogP contribution in [-0.2, 0) is 0 Å². The molecule has 0 aliphatic carbocycles. The van der Waals surface area contributed by atoms with E-state index in [-0.39, 0.29) is 0 Å². The van der Waals surface area contributed by atoms with Gasteiger partial charge in [-0.1, -0.05) is 49.5 Å². The zero-order valence-corrected chi connectivity index (χ0v) is 13.8. The van der Waals surface area contributed by atoms with Gasteiger partial charge in [0.25, 0.3) is 0 Å². The first-order valence-electron chi connectivity index (χ1n) is 7.11. The van der Waals surface area contributed by atoms with Crippen molar-refractivity contribution in [3.05, 3.63) is 60.9 Å². The minimum atomic E-state index is 0.417. The molecule has 5 heteroatoms. The predicted octanol–water partition coefficient (Wildman–Crippen LogP) is 3.38. The van der Waals surface area contributed by atoms with Crippen molar-refractivity contribution in [3.8, 4) is 0 Å². The summed E-state index contributed by atoms with van der Waals surface area (Å²) in [6.07, 6.45) is 3.63. The molecule has 0 bridgehead atoms. The molecule has 2 heterocycles. The van der Waals surface area contributed by atoms with Crippen molar-refractivity contribution in [1.82, 2.24) is 20.4 Å². The maximum atomic E-state index is 3.88. The van der Waals surface area contributed by atoms with Crippen LogP contribution in [0, 0.1) is 0 Å². The highest BCUT2D eigenvalue weighted by molar-refractivity contribution is 6.31. The van der Waals surface area contributed by atoms with E-state index in [9.17, 15) is 0 Å². The fourth-order valence-corrected chi connectivity index (χ4v) is 1.77. The van der Waals surface area contributed by atoms with Crippen molar-refractivity contribution in [2.75, 3.05) is 0 Å². The Kier molecular flexibility index (Phi) is 5.72. The summed E-state index contributed by atoms with van der Waals surface area (Å²) in [5.74, 6) is 0. The lowest BCUT2D eigenvalue weighted by molar-refractivity contribution is 1.12. The number of para-hydroxylation sites is 2. The van der Waals surface area contributed by atoms with Gasteiger partial charge in [-0.3, -0.25) is 10.2 Å². The molecule has 108 valence electrons. The molecule has 0 unspecified atom stereocenters. The van der Waals surface area contributed by atoms with E-state index in [1.54, 1.807) is 0 Å². The third-order valence-electron chi connectivity index (χ3n) is 2.70. The highest BCUT2D eigenvalue weighted by Crippen LogP contribution is 2.07. The Bertz CT molecular complexity index is 649. The molecule has 0 aliphatic rings. The van der Waals surface area contributed by atoms with Crippen molar-refractivity contribution in [1.29, 1.82) is 0 Å². The standard InChI is InChI=1S/2C7H6N2.C2H8Si/c2*1-2-4-7-6(3-1)5-8-9-7;1-3-2/h2*1-5H,(H,8,9);3H2,1-2H3. The SMILES string of the molecule is C[SiH2]C.c1ccc2[nH]ncc2c1.c1ccc2[nH]ncc2c1. The van der Waals surface area contributed by atoms with Crippen LogP contribution in [0.3, 0.4) is 0 Å². The summed E-state index contributed by atoms with van der Waals surface area (Å²) in [7, 11) is 0.417. The number of fused-ring (bicyclic) bond motifs is 2. The summed E-state index contributed by atoms with van der Waals surface area (Å²) in [6, 6.07) is 16.0. The second-order valence-corrected chi connectivity index (χ2v) is 6.04. The highest BCUT2D eigenvalue weighted by atomic mass is 28.2. The van der Waals surface area contributed by atoms with Gasteiger partial charge in [0.05, 0.1) is 23.4 Å². The maximum Gasteiger partial charge on any atom is 0.0650 e. The van der Waals surface area contributed by atoms with E-state index in [1.807, 2.05) is 60.9 Å². The number of hydrogen-bond acceptors (Lipinski definition) is 2. The first-order chi connectivity index (χ1) is 10.3. The van der Waals surface area contributed by atoms with Gasteiger partial charge in [-0.25, -0.2) is 0 Å². The van der Waals surface area contributed by atoms with E-state index in [0.717, 1.165) is 21.8 Å². The predicted molar refractivity (Wildman–Crippen MR) is 92.5 cm³/mol. The van der Waals surface area contributed by atoms with E-state index < -0.39 is 0 Å². The Labute approximate surface area is 126 Å². The fourth-order valence-electron chi connectivity index (χ4n) is 1.77. The van der Waals surface area contributed by atoms with E-state index in [0.29, 0.717) is 9.52 Å². The quantitative estimate of drug-likeness (QED) is 0.489. The number of aromatic nitrogens is 4. The second kappa shape index (κ2) is 8.01. The van der Waals surface area contributed by atoms with Gasteiger partial charge in [0.15, 0.2) is 0 Å². The van der Waals surface area contributed by atoms with E-state index in [1.165, 1.54) is 0 Å². The first-order valence-corrected chi connectivity index (χ1v) is 9.94. The maximum absolute atomic E-state index is 3.88. The second-order valence-electron chi connectivity index (χ2n) is 4.62. The van der Waals surface area contributed by atoms with Gasteiger partial charge in [0.2, 0.25) is 0 Å². The van der Waals surface area contributed by atoms with Gasteiger partial charge in [-0.2, -0.15) is 10.2 Å². The number of hydrogen-bond donors (Lipinski definition) is 2. The zero-order valence-electron chi connectivity index (χ0n) is 12.4. The summed E-state index contributed by atoms with van der Waals surface area (Å²) in [4.78, 5) is 0. The van der Waals surface area contributed by atoms with Crippen LogP contribution in [0.5, 0.6) is 0 Å². The molecule has 4 nitrogen and oxygen atoms in total. The average Bonchev–Trinajstić information content (AvgIpc) is 3.17. The topological polar surface area (TPSA) is 57.4 Å². The molecule has 4 rings (SSSR count). The lowest BCUT2D eigenvalue weighted by atomic mass is 10.3. The van der Waals surface area contributed by atoms with Gasteiger partial charge < -0.3 is 0 Å². The summed E-state index contributed by atoms with van der Waals surface area (Å²) in [5, 5.41) is 15.8. The minimum Gasteiger partial charge on any atom is -0.278 e. The number of nitrogens with zero attached hydrogens (tertiary/aromatic N) is 2. The van der Waals surface area contributed by atoms with E-state index in [2.05, 4.69) is 33.5 Å². The number of aromatic amines is 2. The smallest absolute Gasteiger partial charge is 0.0650 e. The molecule has 0 fully saturated rings. The van der Waals surface area contributed by atoms with Crippen LogP contribution < -0.4 is 0 Å². The van der Waals surface area contributed by atoms with Crippen LogP contribution in [0.2, 0.25) is 13.1 Å². The van der Waals surface area contributed by atoms with Gasteiger partial charge in [0, 0.05) is 20.3 Å². The van der Waals surface area contributed by atoms with Crippen LogP contribution in [0.1, 0.15) is 0 Å². The molecular formula is C16H20N4Si. The molecule has 2 aromatic carbocycles. The Hall–Kier alpha value is -2.40. The largest absolute Gasteiger partial charge is 0.278 e. The van der Waals surface area contributed by atoms with Crippen molar-refractivity contribution < 1.29 is 0 Å². The third kappa shape index (κ3) is 4.29. The molecule has 2 N–H and O–H groups in total. The monoisotopic (exact) mass is 296 g/mol. The molecule has 0 saturated carbocycles. The Balaban J connectivity index is 0.000000130. The first kappa shape index (κ1) is 15.0. The van der Waals surface area contributed by atoms with Crippen molar-refractivity contribution in [2.45, 2.75) is 13.1 Å². The fraction of sp³-hybridized carbons (Fsp3) is 0.125. The Morgan fingerprint density at radius 3 is 1.48 bits per heavy atom. The van der Waals surface area contributed by atoms with Gasteiger partial charge in [-0.05, 0) is 12.1 Å². The van der Waals surface area contributed by atoms with Crippen LogP contribution in [0.15, 0.2) is 60.9 Å². The molecule has 2 aromatic heterocycles. The number of rotatable bonds is 0. The molecule has 0 radical (unpaired) electrons. The number of benzene rings is 2. The van der Waals surface area contributed by atoms with Crippen LogP contribution in [0.4, 0.5) is 0 Å². The molecule has 4 aromatic rings.